The molecular weight excluding hydrogens is 648 g/mol. The van der Waals surface area contributed by atoms with E-state index in [1.807, 2.05) is 44.2 Å². The zero-order chi connectivity index (χ0) is 32.4. The Morgan fingerprint density at radius 1 is 1.22 bits per heavy atom. The van der Waals surface area contributed by atoms with Gasteiger partial charge in [-0.3, -0.25) is 0 Å². The molecule has 2 saturated heterocycles. The molecule has 2 aliphatic heterocycles. The van der Waals surface area contributed by atoms with Crippen LogP contribution in [-0.4, -0.2) is 96.7 Å². The molecular formula is C34H37AsFN7O3. The zero-order valence-corrected chi connectivity index (χ0v) is 28.6. The van der Waals surface area contributed by atoms with E-state index in [9.17, 15) is 10.1 Å². The number of nitrogens with zero attached hydrogens (tertiary/aromatic N) is 7. The Morgan fingerprint density at radius 2 is 2.00 bits per heavy atom. The number of fused-ring (bicyclic) bond motifs is 1. The number of piperidine rings is 1. The van der Waals surface area contributed by atoms with Crippen molar-refractivity contribution in [3.8, 4) is 28.8 Å². The molecule has 0 aliphatic carbocycles. The van der Waals surface area contributed by atoms with Crippen LogP contribution in [0, 0.1) is 17.1 Å². The van der Waals surface area contributed by atoms with Gasteiger partial charge < -0.3 is 4.74 Å². The Kier molecular flexibility index (Phi) is 9.23. The molecule has 46 heavy (non-hydrogen) atoms. The number of hydrogen-bond acceptors (Lipinski definition) is 8. The van der Waals surface area contributed by atoms with E-state index in [0.29, 0.717) is 60.1 Å². The molecule has 238 valence electrons. The fourth-order valence-electron chi connectivity index (χ4n) is 6.44. The predicted molar refractivity (Wildman–Crippen MR) is 175 cm³/mol. The summed E-state index contributed by atoms with van der Waals surface area (Å²) in [6.45, 7) is 9.08. The first-order chi connectivity index (χ1) is 22.2. The van der Waals surface area contributed by atoms with Crippen LogP contribution in [0.4, 0.5) is 4.39 Å². The second-order valence-electron chi connectivity index (χ2n) is 12.2. The predicted octanol–water partition coefficient (Wildman–Crippen LogP) is 3.80. The van der Waals surface area contributed by atoms with Crippen LogP contribution in [0.1, 0.15) is 39.7 Å². The Bertz CT molecular complexity index is 1820. The first-order valence-electron chi connectivity index (χ1n) is 15.5. The number of likely N-dealkylation sites (tertiary alicyclic amines) is 1. The topological polar surface area (TPSA) is 109 Å². The molecule has 2 aromatic carbocycles. The van der Waals surface area contributed by atoms with Crippen molar-refractivity contribution in [3.63, 3.8) is 0 Å². The van der Waals surface area contributed by atoms with E-state index in [-0.39, 0.29) is 23.6 Å². The molecule has 4 heterocycles. The summed E-state index contributed by atoms with van der Waals surface area (Å²) < 4.78 is 29.4. The number of likely N-dealkylation sites (N-methyl/N-ethyl adjacent to an activating group) is 1. The van der Waals surface area contributed by atoms with Crippen LogP contribution in [0.3, 0.4) is 0 Å². The number of carbonyl (C=O) groups excluding carboxylic acids is 1. The SMILES string of the molecule is CCN(C1COC1)C(C)(C)/C=C(/C#N)C(=O)N1CCC[C@@H](n2nc(-c3ccc(Oc4ccccc4)cc3F)c3c([AsH2])ncnc32)C1. The van der Waals surface area contributed by atoms with Gasteiger partial charge >= 0.3 is 240 Å². The number of ether oxygens (including phenoxy) is 2. The van der Waals surface area contributed by atoms with Crippen molar-refractivity contribution >= 4 is 38.3 Å². The number of benzene rings is 2. The van der Waals surface area contributed by atoms with Crippen LogP contribution in [0.15, 0.2) is 66.5 Å². The molecule has 6 rings (SSSR count). The van der Waals surface area contributed by atoms with Gasteiger partial charge in [-0.1, -0.05) is 6.92 Å². The van der Waals surface area contributed by atoms with Gasteiger partial charge in [0.05, 0.1) is 19.3 Å². The third-order valence-electron chi connectivity index (χ3n) is 8.71. The summed E-state index contributed by atoms with van der Waals surface area (Å²) in [7, 11) is 0. The Hall–Kier alpha value is -4.10. The van der Waals surface area contributed by atoms with E-state index in [0.717, 1.165) is 23.9 Å². The second-order valence-corrected chi connectivity index (χ2v) is 13.3. The van der Waals surface area contributed by atoms with Crippen molar-refractivity contribution in [3.05, 3.63) is 72.3 Å². The third kappa shape index (κ3) is 6.30. The Labute approximate surface area is 276 Å². The fraction of sp³-hybridized carbons (Fsp3) is 0.382. The molecule has 0 spiro atoms. The maximum atomic E-state index is 15.7. The van der Waals surface area contributed by atoms with Crippen molar-refractivity contribution in [1.29, 1.82) is 5.26 Å². The number of nitriles is 1. The Balaban J connectivity index is 1.28. The number of aromatic nitrogens is 4. The minimum atomic E-state index is -0.506. The van der Waals surface area contributed by atoms with Gasteiger partial charge in [0, 0.05) is 0 Å². The van der Waals surface area contributed by atoms with Crippen LogP contribution in [-0.2, 0) is 9.53 Å². The molecule has 2 aromatic heterocycles. The van der Waals surface area contributed by atoms with E-state index in [1.165, 1.54) is 29.2 Å². The molecule has 0 bridgehead atoms. The number of para-hydroxylation sites is 1. The van der Waals surface area contributed by atoms with E-state index in [1.54, 1.807) is 27.8 Å². The van der Waals surface area contributed by atoms with Crippen LogP contribution in [0.2, 0.25) is 0 Å². The Morgan fingerprint density at radius 3 is 2.67 bits per heavy atom. The maximum absolute atomic E-state index is 15.7. The quantitative estimate of drug-likeness (QED) is 0.149. The van der Waals surface area contributed by atoms with Gasteiger partial charge in [0.1, 0.15) is 0 Å². The summed E-state index contributed by atoms with van der Waals surface area (Å²) in [5.74, 6) is 0.216. The first kappa shape index (κ1) is 31.9. The summed E-state index contributed by atoms with van der Waals surface area (Å²) in [6, 6.07) is 16.2. The van der Waals surface area contributed by atoms with Crippen LogP contribution in [0.25, 0.3) is 22.3 Å². The average molecular weight is 686 g/mol. The van der Waals surface area contributed by atoms with Gasteiger partial charge in [0.2, 0.25) is 0 Å². The molecule has 10 nitrogen and oxygen atoms in total. The third-order valence-corrected chi connectivity index (χ3v) is 9.63. The van der Waals surface area contributed by atoms with Gasteiger partial charge in [-0.2, -0.15) is 0 Å². The molecule has 2 fully saturated rings. The molecule has 2 aliphatic rings. The van der Waals surface area contributed by atoms with E-state index in [4.69, 9.17) is 14.6 Å². The van der Waals surface area contributed by atoms with E-state index < -0.39 is 11.4 Å². The van der Waals surface area contributed by atoms with Gasteiger partial charge in [0.25, 0.3) is 0 Å². The molecule has 4 aromatic rings. The molecule has 12 heteroatoms. The molecule has 0 radical (unpaired) electrons. The van der Waals surface area contributed by atoms with Gasteiger partial charge in [-0.05, 0) is 6.54 Å². The van der Waals surface area contributed by atoms with Gasteiger partial charge in [-0.15, -0.1) is 0 Å². The number of rotatable bonds is 9. The second kappa shape index (κ2) is 13.3. The van der Waals surface area contributed by atoms with Crippen molar-refractivity contribution in [2.24, 2.45) is 0 Å². The molecule has 2 atom stereocenters. The van der Waals surface area contributed by atoms with E-state index >= 15 is 4.39 Å². The fourth-order valence-corrected chi connectivity index (χ4v) is 7.14. The molecule has 1 unspecified atom stereocenters. The summed E-state index contributed by atoms with van der Waals surface area (Å²) in [5, 5.41) is 15.7. The summed E-state index contributed by atoms with van der Waals surface area (Å²) >= 11 is 1.29. The number of carbonyl (C=O) groups is 1. The van der Waals surface area contributed by atoms with Crippen molar-refractivity contribution < 1.29 is 18.7 Å². The van der Waals surface area contributed by atoms with Crippen molar-refractivity contribution in [2.75, 3.05) is 32.8 Å². The number of hydrogen-bond donors (Lipinski definition) is 0. The van der Waals surface area contributed by atoms with Crippen molar-refractivity contribution in [2.45, 2.75) is 51.2 Å². The van der Waals surface area contributed by atoms with Crippen LogP contribution < -0.4 is 9.22 Å². The summed E-state index contributed by atoms with van der Waals surface area (Å²) in [5.41, 5.74) is 0.966. The molecule has 0 N–H and O–H groups in total. The van der Waals surface area contributed by atoms with Gasteiger partial charge in [-0.25, -0.2) is 0 Å². The zero-order valence-electron chi connectivity index (χ0n) is 26.2. The standard InChI is InChI=1S/C34H37AsFN7O3/c1-4-42(24-19-45-20-24)34(2,3)16-22(17-37)33(44)41-14-8-9-23(18-41)43-32-29(31(35)38-21-39-32)30(40-43)27-13-12-26(15-28(27)36)46-25-10-6-5-7-11-25/h5-7,10-13,15-16,21,23-24H,4,8-9,14,18-20,35H2,1-3H3/b22-16-/t23-/m1/s1. The van der Waals surface area contributed by atoms with Crippen LogP contribution in [0.5, 0.6) is 11.5 Å². The van der Waals surface area contributed by atoms with E-state index in [2.05, 4.69) is 27.9 Å². The van der Waals surface area contributed by atoms with Crippen molar-refractivity contribution in [1.82, 2.24) is 29.5 Å². The molecule has 1 amide bonds. The normalized spacial score (nSPS) is 17.6. The minimum absolute atomic E-state index is 0.121. The molecule has 0 saturated carbocycles. The summed E-state index contributed by atoms with van der Waals surface area (Å²) in [6.07, 6.45) is 4.76. The first-order valence-corrected chi connectivity index (χ1v) is 16.7. The van der Waals surface area contributed by atoms with Crippen LogP contribution >= 0.6 is 0 Å². The monoisotopic (exact) mass is 685 g/mol. The summed E-state index contributed by atoms with van der Waals surface area (Å²) in [4.78, 5) is 26.7. The number of halogens is 1. The van der Waals surface area contributed by atoms with Gasteiger partial charge in [0.15, 0.2) is 0 Å². The number of amides is 1. The average Bonchev–Trinajstić information content (AvgIpc) is 3.42.